The van der Waals surface area contributed by atoms with Gasteiger partial charge in [-0.05, 0) is 35.0 Å². The summed E-state index contributed by atoms with van der Waals surface area (Å²) in [4.78, 5) is 23.6. The van der Waals surface area contributed by atoms with Crippen molar-refractivity contribution in [3.05, 3.63) is 29.1 Å². The predicted molar refractivity (Wildman–Crippen MR) is 69.6 cm³/mol. The molecule has 0 aliphatic heterocycles. The zero-order valence-corrected chi connectivity index (χ0v) is 11.0. The van der Waals surface area contributed by atoms with Crippen LogP contribution in [0.15, 0.2) is 12.1 Å². The highest BCUT2D eigenvalue weighted by molar-refractivity contribution is 6.05. The lowest BCUT2D eigenvalue weighted by Gasteiger charge is -2.10. The summed E-state index contributed by atoms with van der Waals surface area (Å²) in [6, 6.07) is 3.14. The summed E-state index contributed by atoms with van der Waals surface area (Å²) >= 11 is 0. The normalized spacial score (nSPS) is 10.3. The minimum Gasteiger partial charge on any atom is -0.505 e. The minimum absolute atomic E-state index is 0.0886. The number of aryl methyl sites for hydroxylation is 1. The van der Waals surface area contributed by atoms with Gasteiger partial charge in [-0.15, -0.1) is 5.10 Å². The van der Waals surface area contributed by atoms with Crippen molar-refractivity contribution in [1.82, 2.24) is 20.6 Å². The number of ketones is 1. The van der Waals surface area contributed by atoms with Crippen molar-refractivity contribution in [3.63, 3.8) is 0 Å². The number of benzene rings is 1. The van der Waals surface area contributed by atoms with Crippen molar-refractivity contribution in [2.24, 2.45) is 0 Å². The van der Waals surface area contributed by atoms with Gasteiger partial charge in [0.2, 0.25) is 5.82 Å². The molecule has 0 atom stereocenters. The maximum absolute atomic E-state index is 11.8. The predicted octanol–water partition coefficient (Wildman–Crippen LogP) is 1.06. The van der Waals surface area contributed by atoms with E-state index in [1.165, 1.54) is 0 Å². The van der Waals surface area contributed by atoms with Gasteiger partial charge in [0.05, 0.1) is 11.3 Å². The molecule has 0 bridgehead atoms. The van der Waals surface area contributed by atoms with Gasteiger partial charge >= 0.3 is 0 Å². The van der Waals surface area contributed by atoms with Gasteiger partial charge in [-0.3, -0.25) is 9.59 Å². The van der Waals surface area contributed by atoms with Crippen molar-refractivity contribution in [3.8, 4) is 5.75 Å². The number of phenolic OH excluding ortho intramolecular Hbond substituents is 1. The summed E-state index contributed by atoms with van der Waals surface area (Å²) in [7, 11) is 0. The number of rotatable bonds is 4. The molecule has 0 fully saturated rings. The van der Waals surface area contributed by atoms with Gasteiger partial charge in [0.25, 0.3) is 5.91 Å². The van der Waals surface area contributed by atoms with Gasteiger partial charge in [-0.2, -0.15) is 0 Å². The number of phenols is 1. The van der Waals surface area contributed by atoms with E-state index in [0.29, 0.717) is 0 Å². The Balaban J connectivity index is 2.35. The first-order chi connectivity index (χ1) is 9.52. The molecule has 8 heteroatoms. The minimum atomic E-state index is -0.606. The SMILES string of the molecule is CCC(=O)c1cc(C)cc(NC(=O)c2nnn[nH]2)c1O. The van der Waals surface area contributed by atoms with E-state index in [9.17, 15) is 14.7 Å². The number of nitrogens with one attached hydrogen (secondary N) is 2. The van der Waals surface area contributed by atoms with Crippen LogP contribution < -0.4 is 5.32 Å². The van der Waals surface area contributed by atoms with E-state index in [1.54, 1.807) is 26.0 Å². The van der Waals surface area contributed by atoms with Crippen LogP contribution in [0.4, 0.5) is 5.69 Å². The quantitative estimate of drug-likeness (QED) is 0.566. The zero-order chi connectivity index (χ0) is 14.7. The van der Waals surface area contributed by atoms with Crippen molar-refractivity contribution >= 4 is 17.4 Å². The molecular weight excluding hydrogens is 262 g/mol. The van der Waals surface area contributed by atoms with Crippen molar-refractivity contribution < 1.29 is 14.7 Å². The van der Waals surface area contributed by atoms with Crippen LogP contribution in [0.5, 0.6) is 5.75 Å². The molecule has 1 amide bonds. The molecule has 3 N–H and O–H groups in total. The number of hydrogen-bond donors (Lipinski definition) is 3. The Morgan fingerprint density at radius 2 is 2.15 bits per heavy atom. The van der Waals surface area contributed by atoms with Crippen LogP contribution in [0.1, 0.15) is 39.9 Å². The Morgan fingerprint density at radius 1 is 1.40 bits per heavy atom. The number of anilines is 1. The third kappa shape index (κ3) is 2.63. The molecule has 0 saturated heterocycles. The summed E-state index contributed by atoms with van der Waals surface area (Å²) in [5.41, 5.74) is 1.06. The second kappa shape index (κ2) is 5.47. The first kappa shape index (κ1) is 13.7. The van der Waals surface area contributed by atoms with Crippen molar-refractivity contribution in [2.75, 3.05) is 5.32 Å². The van der Waals surface area contributed by atoms with Crippen molar-refractivity contribution in [2.45, 2.75) is 20.3 Å². The molecule has 1 aromatic carbocycles. The average Bonchev–Trinajstić information content (AvgIpc) is 2.95. The van der Waals surface area contributed by atoms with Crippen LogP contribution in [0, 0.1) is 6.92 Å². The molecule has 0 unspecified atom stereocenters. The van der Waals surface area contributed by atoms with E-state index in [1.807, 2.05) is 0 Å². The summed E-state index contributed by atoms with van der Waals surface area (Å²) in [5, 5.41) is 24.9. The van der Waals surface area contributed by atoms with E-state index in [-0.39, 0.29) is 35.0 Å². The van der Waals surface area contributed by atoms with Crippen molar-refractivity contribution in [1.29, 1.82) is 0 Å². The number of aromatic nitrogens is 4. The summed E-state index contributed by atoms with van der Waals surface area (Å²) < 4.78 is 0. The summed E-state index contributed by atoms with van der Waals surface area (Å²) in [5.74, 6) is -1.16. The Labute approximate surface area is 114 Å². The van der Waals surface area contributed by atoms with Gasteiger partial charge in [0.15, 0.2) is 5.78 Å². The Morgan fingerprint density at radius 3 is 2.75 bits per heavy atom. The number of amides is 1. The smallest absolute Gasteiger partial charge is 0.295 e. The van der Waals surface area contributed by atoms with E-state index < -0.39 is 5.91 Å². The number of tetrazole rings is 1. The van der Waals surface area contributed by atoms with Crippen LogP contribution in [-0.4, -0.2) is 37.4 Å². The number of aromatic amines is 1. The lowest BCUT2D eigenvalue weighted by atomic mass is 10.0. The van der Waals surface area contributed by atoms with E-state index in [4.69, 9.17) is 0 Å². The van der Waals surface area contributed by atoms with E-state index >= 15 is 0 Å². The standard InChI is InChI=1S/C12H13N5O3/c1-3-9(18)7-4-6(2)5-8(10(7)19)13-12(20)11-14-16-17-15-11/h4-5,19H,3H2,1-2H3,(H,13,20)(H,14,15,16,17). The Hall–Kier alpha value is -2.77. The van der Waals surface area contributed by atoms with E-state index in [0.717, 1.165) is 5.56 Å². The molecular formula is C12H13N5O3. The van der Waals surface area contributed by atoms with E-state index in [2.05, 4.69) is 25.9 Å². The highest BCUT2D eigenvalue weighted by Gasteiger charge is 2.17. The molecule has 104 valence electrons. The molecule has 1 aromatic heterocycles. The van der Waals surface area contributed by atoms with Gasteiger partial charge in [-0.1, -0.05) is 6.92 Å². The van der Waals surface area contributed by atoms with Gasteiger partial charge < -0.3 is 10.4 Å². The Kier molecular flexibility index (Phi) is 3.74. The van der Waals surface area contributed by atoms with Crippen LogP contribution in [0.3, 0.4) is 0 Å². The van der Waals surface area contributed by atoms with Gasteiger partial charge in [0.1, 0.15) is 5.75 Å². The molecule has 0 saturated carbocycles. The number of Topliss-reactive ketones (excluding diaryl/α,β-unsaturated/α-hetero) is 1. The number of carbonyl (C=O) groups is 2. The van der Waals surface area contributed by atoms with Gasteiger partial charge in [-0.25, -0.2) is 5.10 Å². The molecule has 0 spiro atoms. The number of nitrogens with zero attached hydrogens (tertiary/aromatic N) is 3. The number of H-pyrrole nitrogens is 1. The zero-order valence-electron chi connectivity index (χ0n) is 11.0. The first-order valence-electron chi connectivity index (χ1n) is 5.94. The molecule has 8 nitrogen and oxygen atoms in total. The molecule has 2 aromatic rings. The molecule has 1 heterocycles. The molecule has 0 aliphatic carbocycles. The second-order valence-electron chi connectivity index (χ2n) is 4.19. The van der Waals surface area contributed by atoms with Gasteiger partial charge in [0, 0.05) is 6.42 Å². The largest absolute Gasteiger partial charge is 0.505 e. The molecule has 20 heavy (non-hydrogen) atoms. The first-order valence-corrected chi connectivity index (χ1v) is 5.94. The topological polar surface area (TPSA) is 121 Å². The second-order valence-corrected chi connectivity index (χ2v) is 4.19. The molecule has 0 radical (unpaired) electrons. The lowest BCUT2D eigenvalue weighted by Crippen LogP contribution is -2.15. The average molecular weight is 275 g/mol. The van der Waals surface area contributed by atoms with Crippen LogP contribution >= 0.6 is 0 Å². The highest BCUT2D eigenvalue weighted by Crippen LogP contribution is 2.30. The summed E-state index contributed by atoms with van der Waals surface area (Å²) in [6.07, 6.45) is 0.260. The molecule has 0 aliphatic rings. The fraction of sp³-hybridized carbons (Fsp3) is 0.250. The maximum Gasteiger partial charge on any atom is 0.295 e. The fourth-order valence-electron chi connectivity index (χ4n) is 1.71. The fourth-order valence-corrected chi connectivity index (χ4v) is 1.71. The van der Waals surface area contributed by atoms with Crippen LogP contribution in [-0.2, 0) is 0 Å². The number of aromatic hydroxyl groups is 1. The number of carbonyl (C=O) groups excluding carboxylic acids is 2. The van der Waals surface area contributed by atoms with Crippen LogP contribution in [0.2, 0.25) is 0 Å². The number of hydrogen-bond acceptors (Lipinski definition) is 6. The third-order valence-electron chi connectivity index (χ3n) is 2.68. The third-order valence-corrected chi connectivity index (χ3v) is 2.68. The lowest BCUT2D eigenvalue weighted by molar-refractivity contribution is 0.0981. The van der Waals surface area contributed by atoms with Crippen LogP contribution in [0.25, 0.3) is 0 Å². The molecule has 2 rings (SSSR count). The Bertz CT molecular complexity index is 651. The summed E-state index contributed by atoms with van der Waals surface area (Å²) in [6.45, 7) is 3.46. The maximum atomic E-state index is 11.8. The monoisotopic (exact) mass is 275 g/mol. The highest BCUT2D eigenvalue weighted by atomic mass is 16.3.